The Morgan fingerprint density at radius 2 is 1.53 bits per heavy atom. The summed E-state index contributed by atoms with van der Waals surface area (Å²) in [6.07, 6.45) is 2.22. The van der Waals surface area contributed by atoms with E-state index in [0.29, 0.717) is 12.0 Å². The summed E-state index contributed by atoms with van der Waals surface area (Å²) >= 11 is 0. The number of nitrogens with one attached hydrogen (secondary N) is 1. The maximum Gasteiger partial charge on any atom is 0.265 e. The zero-order valence-electron chi connectivity index (χ0n) is 18.7. The average molecular weight is 424 g/mol. The van der Waals surface area contributed by atoms with Gasteiger partial charge in [-0.2, -0.15) is 5.26 Å². The smallest absolute Gasteiger partial charge is 0.265 e. The van der Waals surface area contributed by atoms with E-state index in [2.05, 4.69) is 37.5 Å². The van der Waals surface area contributed by atoms with Gasteiger partial charge in [0.1, 0.15) is 5.41 Å². The molecule has 1 saturated heterocycles. The number of carbonyl (C=O) groups is 1. The lowest BCUT2D eigenvalue weighted by Gasteiger charge is -2.37. The molecule has 32 heavy (non-hydrogen) atoms. The van der Waals surface area contributed by atoms with Crippen LogP contribution in [-0.2, 0) is 11.8 Å². The normalized spacial score (nSPS) is 22.2. The molecule has 0 aromatic heterocycles. The highest BCUT2D eigenvalue weighted by molar-refractivity contribution is 5.93. The Morgan fingerprint density at radius 3 is 2.12 bits per heavy atom. The monoisotopic (exact) mass is 423 g/mol. The Morgan fingerprint density at radius 1 is 0.969 bits per heavy atom. The van der Waals surface area contributed by atoms with Crippen molar-refractivity contribution in [3.05, 3.63) is 108 Å². The molecule has 0 saturated carbocycles. The molecule has 0 spiro atoms. The second kappa shape index (κ2) is 8.98. The van der Waals surface area contributed by atoms with Crippen LogP contribution in [0.4, 0.5) is 0 Å². The lowest BCUT2D eigenvalue weighted by atomic mass is 9.72. The highest BCUT2D eigenvalue weighted by atomic mass is 16.2. The highest BCUT2D eigenvalue weighted by Gasteiger charge is 2.57. The van der Waals surface area contributed by atoms with Gasteiger partial charge in [0.2, 0.25) is 0 Å². The van der Waals surface area contributed by atoms with E-state index in [1.54, 1.807) is 0 Å². The van der Waals surface area contributed by atoms with Crippen LogP contribution in [0.25, 0.3) is 0 Å². The van der Waals surface area contributed by atoms with Gasteiger partial charge >= 0.3 is 0 Å². The van der Waals surface area contributed by atoms with Crippen LogP contribution in [0.1, 0.15) is 48.2 Å². The summed E-state index contributed by atoms with van der Waals surface area (Å²) in [4.78, 5) is 13.1. The van der Waals surface area contributed by atoms with Crippen molar-refractivity contribution in [3.63, 3.8) is 0 Å². The Hall–Kier alpha value is -3.42. The van der Waals surface area contributed by atoms with Crippen molar-refractivity contribution in [1.29, 1.82) is 5.26 Å². The fraction of sp³-hybridized carbons (Fsp3) is 0.286. The lowest BCUT2D eigenvalue weighted by Crippen LogP contribution is -2.55. The van der Waals surface area contributed by atoms with Crippen LogP contribution in [0.3, 0.4) is 0 Å². The molecule has 4 rings (SSSR count). The van der Waals surface area contributed by atoms with E-state index in [0.717, 1.165) is 18.4 Å². The van der Waals surface area contributed by atoms with Gasteiger partial charge in [0.25, 0.3) is 5.91 Å². The zero-order chi connectivity index (χ0) is 22.6. The summed E-state index contributed by atoms with van der Waals surface area (Å²) in [6, 6.07) is 32.1. The molecule has 0 radical (unpaired) electrons. The van der Waals surface area contributed by atoms with Crippen molar-refractivity contribution in [2.75, 3.05) is 0 Å². The van der Waals surface area contributed by atoms with E-state index in [4.69, 9.17) is 0 Å². The van der Waals surface area contributed by atoms with E-state index in [-0.39, 0.29) is 11.9 Å². The average Bonchev–Trinajstić information content (AvgIpc) is 3.06. The van der Waals surface area contributed by atoms with Gasteiger partial charge in [0.05, 0.1) is 12.1 Å². The molecular formula is C28H29N3O. The van der Waals surface area contributed by atoms with Crippen LogP contribution < -0.4 is 5.43 Å². The molecule has 162 valence electrons. The maximum atomic E-state index is 13.1. The molecule has 4 heteroatoms. The molecule has 1 aliphatic rings. The largest absolute Gasteiger partial charge is 0.284 e. The molecule has 0 unspecified atom stereocenters. The molecular weight excluding hydrogens is 394 g/mol. The number of nitrogens with zero attached hydrogens (tertiary/aromatic N) is 2. The van der Waals surface area contributed by atoms with Crippen LogP contribution in [0.2, 0.25) is 0 Å². The number of hydrazine groups is 1. The molecule has 1 fully saturated rings. The van der Waals surface area contributed by atoms with Crippen molar-refractivity contribution in [2.24, 2.45) is 0 Å². The molecule has 1 amide bonds. The van der Waals surface area contributed by atoms with Crippen LogP contribution in [0.5, 0.6) is 0 Å². The third-order valence-corrected chi connectivity index (χ3v) is 6.54. The first-order valence-electron chi connectivity index (χ1n) is 11.1. The van der Waals surface area contributed by atoms with Crippen molar-refractivity contribution in [2.45, 2.75) is 50.1 Å². The molecule has 1 N–H and O–H groups in total. The Labute approximate surface area is 190 Å². The minimum Gasteiger partial charge on any atom is -0.284 e. The van der Waals surface area contributed by atoms with Gasteiger partial charge in [-0.25, -0.2) is 5.01 Å². The molecule has 1 aliphatic heterocycles. The molecule has 0 aliphatic carbocycles. The van der Waals surface area contributed by atoms with Crippen LogP contribution in [0.15, 0.2) is 91.0 Å². The molecule has 4 nitrogen and oxygen atoms in total. The van der Waals surface area contributed by atoms with Crippen LogP contribution in [-0.4, -0.2) is 22.5 Å². The van der Waals surface area contributed by atoms with E-state index < -0.39 is 11.0 Å². The summed E-state index contributed by atoms with van der Waals surface area (Å²) in [5.41, 5.74) is 4.91. The number of rotatable bonds is 6. The first-order valence-corrected chi connectivity index (χ1v) is 11.1. The number of amides is 1. The van der Waals surface area contributed by atoms with E-state index in [9.17, 15) is 10.1 Å². The molecule has 2 atom stereocenters. The third-order valence-electron chi connectivity index (χ3n) is 6.54. The number of nitriles is 1. The summed E-state index contributed by atoms with van der Waals surface area (Å²) in [6.45, 7) is 4.21. The van der Waals surface area contributed by atoms with Gasteiger partial charge in [-0.05, 0) is 56.4 Å². The summed E-state index contributed by atoms with van der Waals surface area (Å²) in [7, 11) is 0. The number of hydrogen-bond acceptors (Lipinski definition) is 3. The highest BCUT2D eigenvalue weighted by Crippen LogP contribution is 2.48. The molecule has 3 aromatic rings. The summed E-state index contributed by atoms with van der Waals surface area (Å²) in [5, 5.41) is 12.6. The predicted octanol–water partition coefficient (Wildman–Crippen LogP) is 5.28. The summed E-state index contributed by atoms with van der Waals surface area (Å²) < 4.78 is 0. The van der Waals surface area contributed by atoms with Gasteiger partial charge in [-0.15, -0.1) is 0 Å². The van der Waals surface area contributed by atoms with E-state index in [1.165, 1.54) is 5.56 Å². The lowest BCUT2D eigenvalue weighted by molar-refractivity contribution is 0.0418. The SMILES string of the molecule is CC1(C)C[C@@](C#N)(c2ccccc2)[C@H](CCc2ccccc2)N1NC(=O)c1ccccc1. The number of aryl methyl sites for hydroxylation is 1. The van der Waals surface area contributed by atoms with Crippen molar-refractivity contribution >= 4 is 5.91 Å². The summed E-state index contributed by atoms with van der Waals surface area (Å²) in [5.74, 6) is -0.148. The van der Waals surface area contributed by atoms with Crippen LogP contribution >= 0.6 is 0 Å². The van der Waals surface area contributed by atoms with Crippen LogP contribution in [0, 0.1) is 11.3 Å². The van der Waals surface area contributed by atoms with Gasteiger partial charge < -0.3 is 0 Å². The quantitative estimate of drug-likeness (QED) is 0.587. The van der Waals surface area contributed by atoms with Crippen molar-refractivity contribution < 1.29 is 4.79 Å². The van der Waals surface area contributed by atoms with Gasteiger partial charge in [-0.1, -0.05) is 78.9 Å². The molecule has 1 heterocycles. The molecule has 0 bridgehead atoms. The Bertz CT molecular complexity index is 1090. The predicted molar refractivity (Wildman–Crippen MR) is 127 cm³/mol. The molecule has 3 aromatic carbocycles. The van der Waals surface area contributed by atoms with Gasteiger partial charge in [0.15, 0.2) is 0 Å². The third kappa shape index (κ3) is 4.17. The minimum absolute atomic E-state index is 0.148. The van der Waals surface area contributed by atoms with Gasteiger partial charge in [-0.3, -0.25) is 10.2 Å². The maximum absolute atomic E-state index is 13.1. The van der Waals surface area contributed by atoms with Crippen molar-refractivity contribution in [1.82, 2.24) is 10.4 Å². The fourth-order valence-corrected chi connectivity index (χ4v) is 5.05. The Balaban J connectivity index is 1.72. The zero-order valence-corrected chi connectivity index (χ0v) is 18.7. The standard InChI is InChI=1S/C28H29N3O/c1-27(2)20-28(21-29,24-16-10-5-11-17-24)25(19-18-22-12-6-3-7-13-22)31(27)30-26(32)23-14-8-4-9-15-23/h3-17,25H,18-20H2,1-2H3,(H,30,32)/t25-,28+/m0/s1. The first kappa shape index (κ1) is 21.8. The fourth-order valence-electron chi connectivity index (χ4n) is 5.05. The first-order chi connectivity index (χ1) is 15.5. The van der Waals surface area contributed by atoms with Gasteiger partial charge in [0, 0.05) is 11.1 Å². The van der Waals surface area contributed by atoms with Crippen molar-refractivity contribution in [3.8, 4) is 6.07 Å². The van der Waals surface area contributed by atoms with E-state index >= 15 is 0 Å². The number of carbonyl (C=O) groups excluding carboxylic acids is 1. The Kier molecular flexibility index (Phi) is 6.12. The topological polar surface area (TPSA) is 56.1 Å². The second-order valence-corrected chi connectivity index (χ2v) is 9.16. The number of benzene rings is 3. The number of hydrogen-bond donors (Lipinski definition) is 1. The second-order valence-electron chi connectivity index (χ2n) is 9.16. The van der Waals surface area contributed by atoms with E-state index in [1.807, 2.05) is 83.9 Å². The minimum atomic E-state index is -0.719.